The number of hydrogen-bond acceptors (Lipinski definition) is 5. The Labute approximate surface area is 175 Å². The molecule has 0 amide bonds. The van der Waals surface area contributed by atoms with Crippen LogP contribution in [0.1, 0.15) is 43.5 Å². The maximum Gasteiger partial charge on any atom is 0.137 e. The second-order valence-electron chi connectivity index (χ2n) is 7.93. The Balaban J connectivity index is 1.23. The predicted octanol–water partition coefficient (Wildman–Crippen LogP) is 4.20. The van der Waals surface area contributed by atoms with E-state index in [0.717, 1.165) is 50.3 Å². The number of aryl methyl sites for hydroxylation is 1. The molecule has 2 aromatic rings. The second-order valence-corrected chi connectivity index (χ2v) is 9.74. The summed E-state index contributed by atoms with van der Waals surface area (Å²) in [6.07, 6.45) is 8.01. The molecule has 4 rings (SSSR count). The number of nitrogens with zero attached hydrogens (tertiary/aromatic N) is 2. The van der Waals surface area contributed by atoms with Crippen LogP contribution < -0.4 is 0 Å². The van der Waals surface area contributed by atoms with Gasteiger partial charge in [-0.05, 0) is 55.7 Å². The lowest BCUT2D eigenvalue weighted by Gasteiger charge is -2.23. The summed E-state index contributed by atoms with van der Waals surface area (Å²) < 4.78 is 6.05. The van der Waals surface area contributed by atoms with Gasteiger partial charge in [0.2, 0.25) is 0 Å². The standard InChI is InChI=1S/C21H28ClN3O2S/c22-18-8-7-16(13-27-9-2-1-6-20-23-14-24-25-20)21(18)11-19(21)28-17-5-3-4-15(10-17)12-26/h3-5,10,14,16,18-19,26H,1-2,6-9,11-13H2,(H,23,24,25)/t16-,18?,19?,21-/m1/s1. The average Bonchev–Trinajstić information content (AvgIpc) is 3.04. The fourth-order valence-corrected chi connectivity index (χ4v) is 6.78. The van der Waals surface area contributed by atoms with Crippen molar-refractivity contribution < 1.29 is 9.84 Å². The lowest BCUT2D eigenvalue weighted by Crippen LogP contribution is -2.24. The van der Waals surface area contributed by atoms with E-state index < -0.39 is 0 Å². The highest BCUT2D eigenvalue weighted by atomic mass is 35.5. The van der Waals surface area contributed by atoms with E-state index in [2.05, 4.69) is 27.3 Å². The maximum atomic E-state index is 9.36. The van der Waals surface area contributed by atoms with Crippen molar-refractivity contribution in [2.24, 2.45) is 11.3 Å². The number of unbranched alkanes of at least 4 members (excludes halogenated alkanes) is 1. The van der Waals surface area contributed by atoms with Crippen LogP contribution in [0.15, 0.2) is 35.5 Å². The summed E-state index contributed by atoms with van der Waals surface area (Å²) in [7, 11) is 0. The molecule has 1 spiro atoms. The fourth-order valence-electron chi connectivity index (χ4n) is 4.51. The van der Waals surface area contributed by atoms with Gasteiger partial charge in [-0.1, -0.05) is 12.1 Å². The molecule has 1 aromatic carbocycles. The zero-order valence-electron chi connectivity index (χ0n) is 16.0. The van der Waals surface area contributed by atoms with Gasteiger partial charge in [0.1, 0.15) is 12.2 Å². The first-order valence-electron chi connectivity index (χ1n) is 10.1. The maximum absolute atomic E-state index is 9.36. The van der Waals surface area contributed by atoms with Crippen LogP contribution in [0.5, 0.6) is 0 Å². The van der Waals surface area contributed by atoms with Gasteiger partial charge in [-0.2, -0.15) is 5.10 Å². The van der Waals surface area contributed by atoms with Crippen LogP contribution in [0.3, 0.4) is 0 Å². The van der Waals surface area contributed by atoms with Crippen molar-refractivity contribution in [2.45, 2.75) is 60.7 Å². The van der Waals surface area contributed by atoms with Crippen LogP contribution in [0.2, 0.25) is 0 Å². The Kier molecular flexibility index (Phi) is 6.61. The number of aliphatic hydroxyl groups excluding tert-OH is 1. The summed E-state index contributed by atoms with van der Waals surface area (Å²) in [5, 5.41) is 16.9. The van der Waals surface area contributed by atoms with Crippen molar-refractivity contribution in [3.8, 4) is 0 Å². The molecule has 4 atom stereocenters. The normalized spacial score (nSPS) is 28.9. The molecule has 7 heteroatoms. The van der Waals surface area contributed by atoms with Crippen LogP contribution in [-0.2, 0) is 17.8 Å². The molecule has 2 saturated carbocycles. The topological polar surface area (TPSA) is 71.0 Å². The van der Waals surface area contributed by atoms with Crippen LogP contribution in [0.4, 0.5) is 0 Å². The van der Waals surface area contributed by atoms with Gasteiger partial charge in [-0.25, -0.2) is 4.98 Å². The molecule has 0 radical (unpaired) electrons. The zero-order chi connectivity index (χ0) is 19.4. The number of aromatic nitrogens is 3. The van der Waals surface area contributed by atoms with Crippen molar-refractivity contribution in [3.63, 3.8) is 0 Å². The van der Waals surface area contributed by atoms with Gasteiger partial charge in [-0.15, -0.1) is 23.4 Å². The highest BCUT2D eigenvalue weighted by molar-refractivity contribution is 8.00. The van der Waals surface area contributed by atoms with Gasteiger partial charge < -0.3 is 9.84 Å². The number of H-pyrrole nitrogens is 1. The molecular weight excluding hydrogens is 394 g/mol. The van der Waals surface area contributed by atoms with Gasteiger partial charge in [0.25, 0.3) is 0 Å². The monoisotopic (exact) mass is 421 g/mol. The lowest BCUT2D eigenvalue weighted by molar-refractivity contribution is 0.0790. The quantitative estimate of drug-likeness (QED) is 0.444. The highest BCUT2D eigenvalue weighted by Gasteiger charge is 2.65. The number of aromatic amines is 1. The summed E-state index contributed by atoms with van der Waals surface area (Å²) in [4.78, 5) is 5.38. The minimum Gasteiger partial charge on any atom is -0.392 e. The molecule has 1 aromatic heterocycles. The Morgan fingerprint density at radius 2 is 2.25 bits per heavy atom. The minimum absolute atomic E-state index is 0.0925. The van der Waals surface area contributed by atoms with E-state index in [4.69, 9.17) is 16.3 Å². The molecule has 2 fully saturated rings. The molecule has 28 heavy (non-hydrogen) atoms. The first kappa shape index (κ1) is 20.2. The molecule has 0 saturated heterocycles. The van der Waals surface area contributed by atoms with E-state index in [-0.39, 0.29) is 17.4 Å². The van der Waals surface area contributed by atoms with Gasteiger partial charge in [0.15, 0.2) is 0 Å². The molecule has 0 bridgehead atoms. The fraction of sp³-hybridized carbons (Fsp3) is 0.619. The zero-order valence-corrected chi connectivity index (χ0v) is 17.6. The number of halogens is 1. The van der Waals surface area contributed by atoms with E-state index in [9.17, 15) is 5.11 Å². The average molecular weight is 422 g/mol. The van der Waals surface area contributed by atoms with Crippen LogP contribution in [0, 0.1) is 11.3 Å². The molecule has 0 aliphatic heterocycles. The Bertz CT molecular complexity index is 760. The number of aliphatic hydroxyl groups is 1. The summed E-state index contributed by atoms with van der Waals surface area (Å²) in [6.45, 7) is 1.71. The third kappa shape index (κ3) is 4.40. The Morgan fingerprint density at radius 1 is 1.32 bits per heavy atom. The van der Waals surface area contributed by atoms with Gasteiger partial charge in [0.05, 0.1) is 13.2 Å². The first-order chi connectivity index (χ1) is 13.7. The van der Waals surface area contributed by atoms with Crippen LogP contribution in [-0.4, -0.2) is 44.1 Å². The number of benzene rings is 1. The predicted molar refractivity (Wildman–Crippen MR) is 112 cm³/mol. The highest BCUT2D eigenvalue weighted by Crippen LogP contribution is 2.68. The second kappa shape index (κ2) is 9.16. The summed E-state index contributed by atoms with van der Waals surface area (Å²) >= 11 is 8.70. The molecule has 5 nitrogen and oxygen atoms in total. The number of thioether (sulfide) groups is 1. The molecule has 2 aliphatic rings. The number of nitrogens with one attached hydrogen (secondary N) is 1. The SMILES string of the molecule is OCc1cccc(SC2C[C@@]23C(Cl)CC[C@@H]3COCCCCc2ncn[nH]2)c1. The molecule has 2 N–H and O–H groups in total. The van der Waals surface area contributed by atoms with Crippen molar-refractivity contribution in [1.29, 1.82) is 0 Å². The molecular formula is C21H28ClN3O2S. The van der Waals surface area contributed by atoms with Crippen LogP contribution >= 0.6 is 23.4 Å². The molecule has 2 unspecified atom stereocenters. The van der Waals surface area contributed by atoms with Crippen LogP contribution in [0.25, 0.3) is 0 Å². The molecule has 1 heterocycles. The number of ether oxygens (including phenoxy) is 1. The van der Waals surface area contributed by atoms with Crippen molar-refractivity contribution in [1.82, 2.24) is 15.2 Å². The molecule has 2 aliphatic carbocycles. The summed E-state index contributed by atoms with van der Waals surface area (Å²) in [6, 6.07) is 8.21. The lowest BCUT2D eigenvalue weighted by atomic mass is 9.93. The van der Waals surface area contributed by atoms with Crippen molar-refractivity contribution in [3.05, 3.63) is 42.0 Å². The largest absolute Gasteiger partial charge is 0.392 e. The van der Waals surface area contributed by atoms with Crippen molar-refractivity contribution in [2.75, 3.05) is 13.2 Å². The third-order valence-corrected chi connectivity index (χ3v) is 8.23. The summed E-state index contributed by atoms with van der Waals surface area (Å²) in [5.41, 5.74) is 1.19. The molecule has 152 valence electrons. The van der Waals surface area contributed by atoms with Gasteiger partial charge >= 0.3 is 0 Å². The minimum atomic E-state index is 0.0925. The third-order valence-electron chi connectivity index (χ3n) is 6.19. The van der Waals surface area contributed by atoms with E-state index in [0.29, 0.717) is 11.2 Å². The van der Waals surface area contributed by atoms with Crippen molar-refractivity contribution >= 4 is 23.4 Å². The smallest absolute Gasteiger partial charge is 0.137 e. The Hall–Kier alpha value is -1.08. The number of alkyl halides is 1. The number of hydrogen-bond donors (Lipinski definition) is 2. The number of rotatable bonds is 10. The van der Waals surface area contributed by atoms with E-state index in [1.54, 1.807) is 6.33 Å². The van der Waals surface area contributed by atoms with Gasteiger partial charge in [0, 0.05) is 34.0 Å². The van der Waals surface area contributed by atoms with E-state index in [1.165, 1.54) is 17.7 Å². The van der Waals surface area contributed by atoms with E-state index >= 15 is 0 Å². The van der Waals surface area contributed by atoms with E-state index in [1.807, 2.05) is 23.9 Å². The first-order valence-corrected chi connectivity index (χ1v) is 11.5. The van der Waals surface area contributed by atoms with Gasteiger partial charge in [-0.3, -0.25) is 5.10 Å². The summed E-state index contributed by atoms with van der Waals surface area (Å²) in [5.74, 6) is 1.51. The Morgan fingerprint density at radius 3 is 3.07 bits per heavy atom.